The van der Waals surface area contributed by atoms with Crippen molar-refractivity contribution in [2.75, 3.05) is 32.8 Å². The molecule has 2 aliphatic rings. The topological polar surface area (TPSA) is 93.1 Å². The Hall–Kier alpha value is -1.34. The van der Waals surface area contributed by atoms with E-state index in [0.717, 1.165) is 19.5 Å². The number of hydrogen-bond donors (Lipinski definition) is 3. The van der Waals surface area contributed by atoms with Crippen LogP contribution in [0.2, 0.25) is 0 Å². The number of aliphatic carboxylic acids is 1. The molecule has 0 saturated carbocycles. The Kier molecular flexibility index (Phi) is 4.60. The molecule has 3 N–H and O–H groups in total. The number of fused-ring (bicyclic) bond motifs is 1. The average molecular weight is 271 g/mol. The van der Waals surface area contributed by atoms with Gasteiger partial charge in [0.05, 0.1) is 0 Å². The minimum Gasteiger partial charge on any atom is -0.480 e. The molecule has 7 heteroatoms. The number of amides is 2. The highest BCUT2D eigenvalue weighted by Crippen LogP contribution is 2.21. The van der Waals surface area contributed by atoms with Crippen LogP contribution in [-0.4, -0.2) is 76.9 Å². The summed E-state index contributed by atoms with van der Waals surface area (Å²) in [6, 6.07) is -0.938. The fourth-order valence-electron chi connectivity index (χ4n) is 2.80. The van der Waals surface area contributed by atoms with Gasteiger partial charge in [0, 0.05) is 38.7 Å². The number of urea groups is 1. The number of aliphatic hydroxyl groups excluding tert-OH is 1. The molecule has 0 spiro atoms. The van der Waals surface area contributed by atoms with E-state index < -0.39 is 12.0 Å². The highest BCUT2D eigenvalue weighted by Gasteiger charge is 2.33. The van der Waals surface area contributed by atoms with Crippen LogP contribution in [0, 0.1) is 0 Å². The minimum atomic E-state index is -1.11. The third-order valence-corrected chi connectivity index (χ3v) is 3.89. The zero-order chi connectivity index (χ0) is 13.8. The molecular weight excluding hydrogens is 250 g/mol. The summed E-state index contributed by atoms with van der Waals surface area (Å²) in [5.41, 5.74) is 0. The van der Waals surface area contributed by atoms with Gasteiger partial charge in [0.1, 0.15) is 6.04 Å². The highest BCUT2D eigenvalue weighted by molar-refractivity contribution is 5.82. The van der Waals surface area contributed by atoms with Gasteiger partial charge in [0.2, 0.25) is 0 Å². The minimum absolute atomic E-state index is 0.0322. The summed E-state index contributed by atoms with van der Waals surface area (Å²) in [5.74, 6) is -1.11. The van der Waals surface area contributed by atoms with Crippen molar-refractivity contribution in [3.05, 3.63) is 0 Å². The predicted octanol–water partition coefficient (Wildman–Crippen LogP) is -0.688. The molecule has 2 fully saturated rings. The van der Waals surface area contributed by atoms with Crippen LogP contribution < -0.4 is 5.32 Å². The normalized spacial score (nSPS) is 24.9. The van der Waals surface area contributed by atoms with Crippen molar-refractivity contribution in [3.8, 4) is 0 Å². The van der Waals surface area contributed by atoms with Gasteiger partial charge < -0.3 is 20.4 Å². The van der Waals surface area contributed by atoms with Gasteiger partial charge in [0.15, 0.2) is 0 Å². The number of nitrogens with one attached hydrogen (secondary N) is 1. The Morgan fingerprint density at radius 2 is 2.11 bits per heavy atom. The maximum Gasteiger partial charge on any atom is 0.326 e. The van der Waals surface area contributed by atoms with Gasteiger partial charge in [-0.25, -0.2) is 9.59 Å². The molecule has 0 bridgehead atoms. The molecule has 108 valence electrons. The maximum atomic E-state index is 12.0. The van der Waals surface area contributed by atoms with Crippen LogP contribution in [0.5, 0.6) is 0 Å². The summed E-state index contributed by atoms with van der Waals surface area (Å²) in [6.07, 6.45) is 2.30. The number of carboxylic acids is 1. The Bertz CT molecular complexity index is 350. The van der Waals surface area contributed by atoms with E-state index in [1.165, 1.54) is 6.42 Å². The summed E-state index contributed by atoms with van der Waals surface area (Å²) in [4.78, 5) is 27.0. The number of rotatable bonds is 4. The number of carbonyl (C=O) groups excluding carboxylic acids is 1. The zero-order valence-electron chi connectivity index (χ0n) is 10.9. The molecule has 2 atom stereocenters. The van der Waals surface area contributed by atoms with Crippen LogP contribution >= 0.6 is 0 Å². The Balaban J connectivity index is 1.87. The van der Waals surface area contributed by atoms with Gasteiger partial charge in [-0.15, -0.1) is 0 Å². The van der Waals surface area contributed by atoms with Gasteiger partial charge in [-0.3, -0.25) is 4.90 Å². The van der Waals surface area contributed by atoms with E-state index in [0.29, 0.717) is 19.1 Å². The second-order valence-electron chi connectivity index (χ2n) is 5.13. The standard InChI is InChI=1S/C12H21N3O4/c16-7-3-10(11(17)18)13-12(19)15-6-5-14-4-1-2-9(14)8-15/h9-10,16H,1-8H2,(H,13,19)(H,17,18). The van der Waals surface area contributed by atoms with Crippen molar-refractivity contribution in [1.29, 1.82) is 0 Å². The monoisotopic (exact) mass is 271 g/mol. The van der Waals surface area contributed by atoms with E-state index in [-0.39, 0.29) is 19.1 Å². The van der Waals surface area contributed by atoms with Crippen LogP contribution in [0.25, 0.3) is 0 Å². The Morgan fingerprint density at radius 3 is 2.79 bits per heavy atom. The van der Waals surface area contributed by atoms with Gasteiger partial charge in [-0.05, 0) is 19.4 Å². The Morgan fingerprint density at radius 1 is 1.32 bits per heavy atom. The number of carbonyl (C=O) groups is 2. The van der Waals surface area contributed by atoms with Crippen LogP contribution in [-0.2, 0) is 4.79 Å². The summed E-state index contributed by atoms with van der Waals surface area (Å²) in [6.45, 7) is 3.00. The summed E-state index contributed by atoms with van der Waals surface area (Å²) in [7, 11) is 0. The molecule has 2 amide bonds. The summed E-state index contributed by atoms with van der Waals surface area (Å²) >= 11 is 0. The lowest BCUT2D eigenvalue weighted by Gasteiger charge is -2.37. The number of nitrogens with zero attached hydrogens (tertiary/aromatic N) is 2. The third kappa shape index (κ3) is 3.36. The van der Waals surface area contributed by atoms with Crippen molar-refractivity contribution < 1.29 is 19.8 Å². The highest BCUT2D eigenvalue weighted by atomic mass is 16.4. The van der Waals surface area contributed by atoms with Crippen molar-refractivity contribution in [1.82, 2.24) is 15.1 Å². The second kappa shape index (κ2) is 6.21. The van der Waals surface area contributed by atoms with Gasteiger partial charge in [0.25, 0.3) is 0 Å². The van der Waals surface area contributed by atoms with Crippen LogP contribution in [0.15, 0.2) is 0 Å². The molecule has 2 heterocycles. The lowest BCUT2D eigenvalue weighted by atomic mass is 10.1. The number of hydrogen-bond acceptors (Lipinski definition) is 4. The van der Waals surface area contributed by atoms with Gasteiger partial charge in [-0.2, -0.15) is 0 Å². The quantitative estimate of drug-likeness (QED) is 0.629. The Labute approximate surface area is 112 Å². The average Bonchev–Trinajstić information content (AvgIpc) is 2.85. The fourth-order valence-corrected chi connectivity index (χ4v) is 2.80. The summed E-state index contributed by atoms with van der Waals surface area (Å²) < 4.78 is 0. The van der Waals surface area contributed by atoms with Crippen molar-refractivity contribution >= 4 is 12.0 Å². The van der Waals surface area contributed by atoms with Crippen LogP contribution in [0.3, 0.4) is 0 Å². The molecule has 0 aromatic heterocycles. The molecule has 0 aromatic rings. The first kappa shape index (κ1) is 14.1. The van der Waals surface area contributed by atoms with Gasteiger partial charge >= 0.3 is 12.0 Å². The smallest absolute Gasteiger partial charge is 0.326 e. The van der Waals surface area contributed by atoms with Gasteiger partial charge in [-0.1, -0.05) is 0 Å². The first-order valence-corrected chi connectivity index (χ1v) is 6.75. The predicted molar refractivity (Wildman–Crippen MR) is 67.8 cm³/mol. The number of aliphatic hydroxyl groups is 1. The third-order valence-electron chi connectivity index (χ3n) is 3.89. The molecule has 2 unspecified atom stereocenters. The van der Waals surface area contributed by atoms with Crippen molar-refractivity contribution in [2.45, 2.75) is 31.3 Å². The number of carboxylic acid groups (broad SMARTS) is 1. The molecule has 0 aliphatic carbocycles. The van der Waals surface area contributed by atoms with Crippen LogP contribution in [0.1, 0.15) is 19.3 Å². The number of piperazine rings is 1. The van der Waals surface area contributed by atoms with E-state index in [2.05, 4.69) is 10.2 Å². The van der Waals surface area contributed by atoms with E-state index in [1.54, 1.807) is 4.90 Å². The van der Waals surface area contributed by atoms with E-state index in [9.17, 15) is 9.59 Å². The van der Waals surface area contributed by atoms with Crippen LogP contribution in [0.4, 0.5) is 4.79 Å². The lowest BCUT2D eigenvalue weighted by molar-refractivity contribution is -0.139. The van der Waals surface area contributed by atoms with Crippen molar-refractivity contribution in [2.24, 2.45) is 0 Å². The summed E-state index contributed by atoms with van der Waals surface area (Å²) in [5, 5.41) is 20.2. The molecule has 2 saturated heterocycles. The molecule has 2 rings (SSSR count). The zero-order valence-corrected chi connectivity index (χ0v) is 10.9. The molecular formula is C12H21N3O4. The first-order valence-electron chi connectivity index (χ1n) is 6.75. The van der Waals surface area contributed by atoms with E-state index in [4.69, 9.17) is 10.2 Å². The SMILES string of the molecule is O=C(O)C(CCO)NC(=O)N1CCN2CCCC2C1. The van der Waals surface area contributed by atoms with E-state index >= 15 is 0 Å². The first-order chi connectivity index (χ1) is 9.11. The van der Waals surface area contributed by atoms with E-state index in [1.807, 2.05) is 0 Å². The molecule has 0 radical (unpaired) electrons. The molecule has 7 nitrogen and oxygen atoms in total. The largest absolute Gasteiger partial charge is 0.480 e. The molecule has 2 aliphatic heterocycles. The fraction of sp³-hybridized carbons (Fsp3) is 0.833. The second-order valence-corrected chi connectivity index (χ2v) is 5.13. The lowest BCUT2D eigenvalue weighted by Crippen LogP contribution is -2.56. The molecule has 19 heavy (non-hydrogen) atoms. The van der Waals surface area contributed by atoms with Crippen molar-refractivity contribution in [3.63, 3.8) is 0 Å². The molecule has 0 aromatic carbocycles. The maximum absolute atomic E-state index is 12.0.